The largest absolute Gasteiger partial charge is 0.388 e. The smallest absolute Gasteiger partial charge is 0.0851 e. The first kappa shape index (κ1) is 12.3. The normalized spacial score (nSPS) is 19.6. The van der Waals surface area contributed by atoms with E-state index in [1.807, 2.05) is 42.5 Å². The Morgan fingerprint density at radius 2 is 1.94 bits per heavy atom. The Hall–Kier alpha value is -1.16. The summed E-state index contributed by atoms with van der Waals surface area (Å²) in [7, 11) is 0. The molecule has 17 heavy (non-hydrogen) atoms. The van der Waals surface area contributed by atoms with Crippen LogP contribution in [0, 0.1) is 0 Å². The summed E-state index contributed by atoms with van der Waals surface area (Å²) in [6, 6.07) is 10.0. The Kier molecular flexibility index (Phi) is 4.74. The Morgan fingerprint density at radius 3 is 2.65 bits per heavy atom. The Balaban J connectivity index is 1.80. The van der Waals surface area contributed by atoms with Crippen LogP contribution in [0.25, 0.3) is 6.08 Å². The summed E-state index contributed by atoms with van der Waals surface area (Å²) < 4.78 is 5.27. The third kappa shape index (κ3) is 4.30. The number of hydrogen-bond acceptors (Lipinski definition) is 3. The number of aliphatic hydroxyl groups excluding tert-OH is 1. The number of benzene rings is 1. The number of aliphatic hydroxyl groups is 1. The van der Waals surface area contributed by atoms with Gasteiger partial charge >= 0.3 is 0 Å². The molecule has 0 bridgehead atoms. The average Bonchev–Trinajstić information content (AvgIpc) is 2.39. The highest BCUT2D eigenvalue weighted by Gasteiger charge is 2.12. The standard InChI is InChI=1S/C14H19NO2/c16-14(12-15-8-10-17-11-9-15)7-6-13-4-2-1-3-5-13/h1-7,14,16H,8-12H2. The van der Waals surface area contributed by atoms with E-state index >= 15 is 0 Å². The maximum absolute atomic E-state index is 9.89. The molecule has 1 aliphatic heterocycles. The Bertz CT molecular complexity index is 344. The van der Waals surface area contributed by atoms with Crippen LogP contribution < -0.4 is 0 Å². The molecule has 1 heterocycles. The van der Waals surface area contributed by atoms with Gasteiger partial charge in [0.15, 0.2) is 0 Å². The molecular weight excluding hydrogens is 214 g/mol. The van der Waals surface area contributed by atoms with Crippen LogP contribution in [0.4, 0.5) is 0 Å². The molecule has 1 fully saturated rings. The topological polar surface area (TPSA) is 32.7 Å². The Morgan fingerprint density at radius 1 is 1.24 bits per heavy atom. The van der Waals surface area contributed by atoms with Crippen molar-refractivity contribution in [2.45, 2.75) is 6.10 Å². The molecule has 1 aromatic carbocycles. The molecule has 92 valence electrons. The highest BCUT2D eigenvalue weighted by molar-refractivity contribution is 5.49. The quantitative estimate of drug-likeness (QED) is 0.853. The molecule has 2 rings (SSSR count). The van der Waals surface area contributed by atoms with Gasteiger partial charge in [0.2, 0.25) is 0 Å². The molecule has 0 aromatic heterocycles. The van der Waals surface area contributed by atoms with Gasteiger partial charge in [0.25, 0.3) is 0 Å². The van der Waals surface area contributed by atoms with Gasteiger partial charge in [-0.2, -0.15) is 0 Å². The van der Waals surface area contributed by atoms with E-state index in [0.717, 1.165) is 31.9 Å². The molecule has 0 radical (unpaired) electrons. The summed E-state index contributed by atoms with van der Waals surface area (Å²) in [5.41, 5.74) is 1.12. The molecule has 1 unspecified atom stereocenters. The fraction of sp³-hybridized carbons (Fsp3) is 0.429. The number of hydrogen-bond donors (Lipinski definition) is 1. The van der Waals surface area contributed by atoms with Crippen LogP contribution in [-0.2, 0) is 4.74 Å². The lowest BCUT2D eigenvalue weighted by Gasteiger charge is -2.27. The monoisotopic (exact) mass is 233 g/mol. The van der Waals surface area contributed by atoms with E-state index in [1.54, 1.807) is 0 Å². The van der Waals surface area contributed by atoms with Gasteiger partial charge in [-0.3, -0.25) is 4.90 Å². The van der Waals surface area contributed by atoms with Crippen LogP contribution in [0.2, 0.25) is 0 Å². The summed E-state index contributed by atoms with van der Waals surface area (Å²) in [5, 5.41) is 9.89. The van der Waals surface area contributed by atoms with Gasteiger partial charge in [-0.05, 0) is 5.56 Å². The molecule has 3 nitrogen and oxygen atoms in total. The fourth-order valence-electron chi connectivity index (χ4n) is 1.90. The molecule has 0 saturated carbocycles. The van der Waals surface area contributed by atoms with Crippen molar-refractivity contribution in [1.82, 2.24) is 4.90 Å². The molecule has 1 atom stereocenters. The van der Waals surface area contributed by atoms with Crippen molar-refractivity contribution >= 4 is 6.08 Å². The van der Waals surface area contributed by atoms with Gasteiger partial charge in [0.05, 0.1) is 19.3 Å². The van der Waals surface area contributed by atoms with E-state index in [4.69, 9.17) is 4.74 Å². The van der Waals surface area contributed by atoms with Crippen molar-refractivity contribution in [3.8, 4) is 0 Å². The van der Waals surface area contributed by atoms with E-state index in [0.29, 0.717) is 6.54 Å². The van der Waals surface area contributed by atoms with Crippen LogP contribution in [0.5, 0.6) is 0 Å². The summed E-state index contributed by atoms with van der Waals surface area (Å²) in [6.45, 7) is 4.06. The van der Waals surface area contributed by atoms with Gasteiger partial charge < -0.3 is 9.84 Å². The zero-order valence-corrected chi connectivity index (χ0v) is 9.96. The van der Waals surface area contributed by atoms with Crippen molar-refractivity contribution in [2.24, 2.45) is 0 Å². The Labute approximate surface area is 102 Å². The minimum absolute atomic E-state index is 0.409. The molecule has 1 aromatic rings. The molecule has 0 aliphatic carbocycles. The first-order valence-electron chi connectivity index (χ1n) is 6.06. The number of rotatable bonds is 4. The van der Waals surface area contributed by atoms with Crippen molar-refractivity contribution in [1.29, 1.82) is 0 Å². The third-order valence-electron chi connectivity index (χ3n) is 2.86. The lowest BCUT2D eigenvalue weighted by atomic mass is 10.2. The second kappa shape index (κ2) is 6.55. The van der Waals surface area contributed by atoms with Gasteiger partial charge in [-0.1, -0.05) is 42.5 Å². The maximum atomic E-state index is 9.89. The van der Waals surface area contributed by atoms with Crippen LogP contribution in [0.15, 0.2) is 36.4 Å². The van der Waals surface area contributed by atoms with Gasteiger partial charge in [0, 0.05) is 19.6 Å². The predicted octanol–water partition coefficient (Wildman–Crippen LogP) is 1.39. The number of morpholine rings is 1. The predicted molar refractivity (Wildman–Crippen MR) is 68.7 cm³/mol. The van der Waals surface area contributed by atoms with Crippen molar-refractivity contribution in [2.75, 3.05) is 32.8 Å². The molecule has 1 aliphatic rings. The van der Waals surface area contributed by atoms with E-state index in [2.05, 4.69) is 4.90 Å². The van der Waals surface area contributed by atoms with Crippen LogP contribution in [0.1, 0.15) is 5.56 Å². The van der Waals surface area contributed by atoms with Gasteiger partial charge in [-0.25, -0.2) is 0 Å². The van der Waals surface area contributed by atoms with Gasteiger partial charge in [0.1, 0.15) is 0 Å². The van der Waals surface area contributed by atoms with Crippen molar-refractivity contribution in [3.63, 3.8) is 0 Å². The average molecular weight is 233 g/mol. The zero-order valence-electron chi connectivity index (χ0n) is 9.96. The minimum Gasteiger partial charge on any atom is -0.388 e. The van der Waals surface area contributed by atoms with Crippen LogP contribution in [0.3, 0.4) is 0 Å². The van der Waals surface area contributed by atoms with E-state index < -0.39 is 6.10 Å². The zero-order chi connectivity index (χ0) is 11.9. The van der Waals surface area contributed by atoms with E-state index in [-0.39, 0.29) is 0 Å². The lowest BCUT2D eigenvalue weighted by molar-refractivity contribution is 0.0223. The minimum atomic E-state index is -0.409. The van der Waals surface area contributed by atoms with E-state index in [9.17, 15) is 5.11 Å². The second-order valence-corrected chi connectivity index (χ2v) is 4.25. The first-order chi connectivity index (χ1) is 8.34. The lowest BCUT2D eigenvalue weighted by Crippen LogP contribution is -2.40. The second-order valence-electron chi connectivity index (χ2n) is 4.25. The van der Waals surface area contributed by atoms with Crippen LogP contribution >= 0.6 is 0 Å². The number of nitrogens with zero attached hydrogens (tertiary/aromatic N) is 1. The molecule has 1 saturated heterocycles. The SMILES string of the molecule is OC(C=Cc1ccccc1)CN1CCOCC1. The fourth-order valence-corrected chi connectivity index (χ4v) is 1.90. The van der Waals surface area contributed by atoms with Crippen molar-refractivity contribution < 1.29 is 9.84 Å². The summed E-state index contributed by atoms with van der Waals surface area (Å²) in [6.07, 6.45) is 3.41. The number of ether oxygens (including phenoxy) is 1. The third-order valence-corrected chi connectivity index (χ3v) is 2.86. The molecule has 3 heteroatoms. The first-order valence-corrected chi connectivity index (χ1v) is 6.06. The van der Waals surface area contributed by atoms with E-state index in [1.165, 1.54) is 0 Å². The van der Waals surface area contributed by atoms with Crippen LogP contribution in [-0.4, -0.2) is 49.0 Å². The summed E-state index contributed by atoms with van der Waals surface area (Å²) in [4.78, 5) is 2.23. The molecule has 0 amide bonds. The highest BCUT2D eigenvalue weighted by Crippen LogP contribution is 2.04. The summed E-state index contributed by atoms with van der Waals surface area (Å²) >= 11 is 0. The van der Waals surface area contributed by atoms with Gasteiger partial charge in [-0.15, -0.1) is 0 Å². The van der Waals surface area contributed by atoms with Crippen molar-refractivity contribution in [3.05, 3.63) is 42.0 Å². The highest BCUT2D eigenvalue weighted by atomic mass is 16.5. The maximum Gasteiger partial charge on any atom is 0.0851 e. The number of β-amino-alcohol motifs (C(OH)–C–C–N with tert-alkyl or cyclic N) is 1. The molecular formula is C14H19NO2. The summed E-state index contributed by atoms with van der Waals surface area (Å²) in [5.74, 6) is 0. The molecule has 0 spiro atoms. The molecule has 1 N–H and O–H groups in total.